The van der Waals surface area contributed by atoms with Gasteiger partial charge < -0.3 is 10.1 Å². The maximum absolute atomic E-state index is 12.5. The molecule has 0 radical (unpaired) electrons. The number of amides is 1. The van der Waals surface area contributed by atoms with E-state index in [1.54, 1.807) is 24.3 Å². The molecule has 3 rings (SSSR count). The van der Waals surface area contributed by atoms with E-state index >= 15 is 0 Å². The van der Waals surface area contributed by atoms with E-state index < -0.39 is 12.5 Å². The molecule has 0 unspecified atom stereocenters. The number of hydrogen-bond acceptors (Lipinski definition) is 4. The summed E-state index contributed by atoms with van der Waals surface area (Å²) in [7, 11) is 0. The smallest absolute Gasteiger partial charge is 0.387 e. The topological polar surface area (TPSA) is 50.4 Å². The molecule has 0 fully saturated rings. The van der Waals surface area contributed by atoms with E-state index in [0.29, 0.717) is 10.4 Å². The molecule has 0 atom stereocenters. The molecule has 0 bridgehead atoms. The first-order valence-electron chi connectivity index (χ1n) is 7.39. The first-order chi connectivity index (χ1) is 12.8. The molecule has 10 heteroatoms. The van der Waals surface area contributed by atoms with Crippen molar-refractivity contribution in [2.45, 2.75) is 6.61 Å². The molecule has 0 aliphatic carbocycles. The summed E-state index contributed by atoms with van der Waals surface area (Å²) in [6, 6.07) is 11.1. The van der Waals surface area contributed by atoms with Gasteiger partial charge in [0.1, 0.15) is 10.6 Å². The predicted molar refractivity (Wildman–Crippen MR) is 109 cm³/mol. The minimum absolute atomic E-state index is 0.0862. The molecule has 0 aliphatic rings. The summed E-state index contributed by atoms with van der Waals surface area (Å²) in [5.41, 5.74) is 0.192. The second-order valence-electron chi connectivity index (χ2n) is 5.17. The molecular weight excluding hydrogens is 437 g/mol. The minimum atomic E-state index is -2.99. The quantitative estimate of drug-likeness (QED) is 0.487. The second kappa shape index (κ2) is 8.35. The molecule has 140 valence electrons. The minimum Gasteiger partial charge on any atom is -0.433 e. The standard InChI is InChI=1S/C17H10Cl2F2N2O2S2/c18-8-5-6-9-12(7-8)27-14(13(9)19)15(24)23-17(26)22-10-3-1-2-4-11(10)25-16(20)21/h1-7,16H,(H2,22,23,24,26). The molecule has 3 aromatic rings. The largest absolute Gasteiger partial charge is 0.433 e. The van der Waals surface area contributed by atoms with E-state index in [-0.39, 0.29) is 26.4 Å². The fraction of sp³-hybridized carbons (Fsp3) is 0.0588. The summed E-state index contributed by atoms with van der Waals surface area (Å²) in [6.07, 6.45) is 0. The maximum atomic E-state index is 12.5. The number of benzene rings is 2. The third-order valence-corrected chi connectivity index (χ3v) is 5.47. The van der Waals surface area contributed by atoms with E-state index in [4.69, 9.17) is 35.4 Å². The number of carbonyl (C=O) groups is 1. The summed E-state index contributed by atoms with van der Waals surface area (Å²) < 4.78 is 30.1. The van der Waals surface area contributed by atoms with Crippen LogP contribution in [0.5, 0.6) is 5.75 Å². The van der Waals surface area contributed by atoms with Crippen LogP contribution in [0.3, 0.4) is 0 Å². The molecule has 1 heterocycles. The van der Waals surface area contributed by atoms with Gasteiger partial charge in [-0.1, -0.05) is 41.4 Å². The summed E-state index contributed by atoms with van der Waals surface area (Å²) in [6.45, 7) is -2.99. The van der Waals surface area contributed by atoms with Gasteiger partial charge in [-0.05, 0) is 36.5 Å². The number of alkyl halides is 2. The summed E-state index contributed by atoms with van der Waals surface area (Å²) in [4.78, 5) is 12.7. The molecule has 2 aromatic carbocycles. The van der Waals surface area contributed by atoms with Gasteiger partial charge in [0.25, 0.3) is 5.91 Å². The van der Waals surface area contributed by atoms with Crippen molar-refractivity contribution in [1.29, 1.82) is 0 Å². The van der Waals surface area contributed by atoms with Crippen molar-refractivity contribution in [1.82, 2.24) is 5.32 Å². The van der Waals surface area contributed by atoms with Gasteiger partial charge in [-0.15, -0.1) is 11.3 Å². The van der Waals surface area contributed by atoms with Crippen LogP contribution in [0.2, 0.25) is 10.0 Å². The average Bonchev–Trinajstić information content (AvgIpc) is 2.92. The van der Waals surface area contributed by atoms with Gasteiger partial charge in [-0.25, -0.2) is 0 Å². The molecule has 27 heavy (non-hydrogen) atoms. The Balaban J connectivity index is 1.75. The van der Waals surface area contributed by atoms with Gasteiger partial charge in [-0.3, -0.25) is 10.1 Å². The van der Waals surface area contributed by atoms with Gasteiger partial charge in [-0.2, -0.15) is 8.78 Å². The van der Waals surface area contributed by atoms with E-state index in [1.165, 1.54) is 29.5 Å². The Morgan fingerprint density at radius 2 is 1.93 bits per heavy atom. The SMILES string of the molecule is O=C(NC(=S)Nc1ccccc1OC(F)F)c1sc2cc(Cl)ccc2c1Cl. The van der Waals surface area contributed by atoms with Crippen molar-refractivity contribution < 1.29 is 18.3 Å². The zero-order chi connectivity index (χ0) is 19.6. The Hall–Kier alpha value is -2.00. The number of thiocarbonyl (C=S) groups is 1. The first-order valence-corrected chi connectivity index (χ1v) is 9.37. The fourth-order valence-corrected chi connectivity index (χ4v) is 4.16. The Morgan fingerprint density at radius 3 is 2.67 bits per heavy atom. The summed E-state index contributed by atoms with van der Waals surface area (Å²) >= 11 is 18.5. The molecule has 0 saturated heterocycles. The first kappa shape index (κ1) is 19.8. The zero-order valence-corrected chi connectivity index (χ0v) is 16.4. The van der Waals surface area contributed by atoms with Gasteiger partial charge in [0.2, 0.25) is 0 Å². The predicted octanol–water partition coefficient (Wildman–Crippen LogP) is 5.94. The van der Waals surface area contributed by atoms with Crippen molar-refractivity contribution in [2.24, 2.45) is 0 Å². The van der Waals surface area contributed by atoms with Crippen LogP contribution in [0.4, 0.5) is 14.5 Å². The van der Waals surface area contributed by atoms with Crippen LogP contribution in [0.15, 0.2) is 42.5 Å². The third-order valence-electron chi connectivity index (χ3n) is 3.38. The van der Waals surface area contributed by atoms with Gasteiger partial charge in [0.15, 0.2) is 5.11 Å². The normalized spacial score (nSPS) is 10.9. The monoisotopic (exact) mass is 446 g/mol. The molecule has 2 N–H and O–H groups in total. The van der Waals surface area contributed by atoms with E-state index in [1.807, 2.05) is 0 Å². The number of fused-ring (bicyclic) bond motifs is 1. The van der Waals surface area contributed by atoms with Crippen LogP contribution in [0.25, 0.3) is 10.1 Å². The highest BCUT2D eigenvalue weighted by atomic mass is 35.5. The number of hydrogen-bond donors (Lipinski definition) is 2. The van der Waals surface area contributed by atoms with Crippen molar-refractivity contribution in [2.75, 3.05) is 5.32 Å². The molecule has 1 amide bonds. The summed E-state index contributed by atoms with van der Waals surface area (Å²) in [5.74, 6) is -0.624. The van der Waals surface area contributed by atoms with Gasteiger partial charge in [0.05, 0.1) is 10.7 Å². The lowest BCUT2D eigenvalue weighted by Crippen LogP contribution is -2.34. The molecule has 0 spiro atoms. The van der Waals surface area contributed by atoms with Crippen molar-refractivity contribution >= 4 is 73.5 Å². The van der Waals surface area contributed by atoms with Gasteiger partial charge in [0, 0.05) is 15.1 Å². The average molecular weight is 447 g/mol. The lowest BCUT2D eigenvalue weighted by molar-refractivity contribution is -0.0493. The van der Waals surface area contributed by atoms with Crippen LogP contribution in [-0.2, 0) is 0 Å². The summed E-state index contributed by atoms with van der Waals surface area (Å²) in [5, 5.41) is 6.56. The Bertz CT molecular complexity index is 1030. The highest BCUT2D eigenvalue weighted by Crippen LogP contribution is 2.36. The maximum Gasteiger partial charge on any atom is 0.387 e. The molecule has 4 nitrogen and oxygen atoms in total. The molecular formula is C17H10Cl2F2N2O2S2. The second-order valence-corrected chi connectivity index (χ2v) is 7.44. The number of ether oxygens (including phenoxy) is 1. The van der Waals surface area contributed by atoms with Crippen LogP contribution < -0.4 is 15.4 Å². The van der Waals surface area contributed by atoms with E-state index in [9.17, 15) is 13.6 Å². The van der Waals surface area contributed by atoms with Crippen LogP contribution in [0.1, 0.15) is 9.67 Å². The molecule has 0 aliphatic heterocycles. The van der Waals surface area contributed by atoms with Crippen molar-refractivity contribution in [3.63, 3.8) is 0 Å². The lowest BCUT2D eigenvalue weighted by atomic mass is 10.2. The zero-order valence-electron chi connectivity index (χ0n) is 13.3. The van der Waals surface area contributed by atoms with E-state index in [2.05, 4.69) is 15.4 Å². The lowest BCUT2D eigenvalue weighted by Gasteiger charge is -2.13. The molecule has 1 aromatic heterocycles. The van der Waals surface area contributed by atoms with Gasteiger partial charge >= 0.3 is 6.61 Å². The van der Waals surface area contributed by atoms with Crippen LogP contribution in [0, 0.1) is 0 Å². The highest BCUT2D eigenvalue weighted by molar-refractivity contribution is 7.80. The number of thiophene rings is 1. The number of halogens is 4. The number of para-hydroxylation sites is 2. The number of carbonyl (C=O) groups excluding carboxylic acids is 1. The fourth-order valence-electron chi connectivity index (χ4n) is 2.27. The number of nitrogens with one attached hydrogen (secondary N) is 2. The molecule has 0 saturated carbocycles. The Morgan fingerprint density at radius 1 is 1.19 bits per heavy atom. The number of rotatable bonds is 4. The third kappa shape index (κ3) is 4.65. The highest BCUT2D eigenvalue weighted by Gasteiger charge is 2.19. The Labute approximate surface area is 172 Å². The Kier molecular flexibility index (Phi) is 6.11. The van der Waals surface area contributed by atoms with Crippen molar-refractivity contribution in [3.8, 4) is 5.75 Å². The van der Waals surface area contributed by atoms with Crippen LogP contribution in [-0.4, -0.2) is 17.6 Å². The van der Waals surface area contributed by atoms with Crippen LogP contribution >= 0.6 is 46.8 Å². The van der Waals surface area contributed by atoms with E-state index in [0.717, 1.165) is 4.70 Å². The van der Waals surface area contributed by atoms with Crippen molar-refractivity contribution in [3.05, 3.63) is 57.4 Å². The number of anilines is 1.